The van der Waals surface area contributed by atoms with Crippen LogP contribution in [0, 0.1) is 0 Å². The van der Waals surface area contributed by atoms with Gasteiger partial charge in [0.15, 0.2) is 5.43 Å². The largest absolute Gasteiger partial charge is 0.443 e. The van der Waals surface area contributed by atoms with Crippen molar-refractivity contribution in [2.45, 2.75) is 26.4 Å². The van der Waals surface area contributed by atoms with Gasteiger partial charge in [-0.05, 0) is 50.4 Å². The smallest absolute Gasteiger partial charge is 0.422 e. The van der Waals surface area contributed by atoms with Crippen LogP contribution >= 0.6 is 0 Å². The number of hydrogen-bond donors (Lipinski definition) is 2. The van der Waals surface area contributed by atoms with Crippen LogP contribution in [0.4, 0.5) is 10.5 Å². The van der Waals surface area contributed by atoms with E-state index in [1.165, 1.54) is 12.1 Å². The molecule has 0 aliphatic heterocycles. The minimum atomic E-state index is -4.29. The van der Waals surface area contributed by atoms with Crippen molar-refractivity contribution in [1.82, 2.24) is 19.5 Å². The summed E-state index contributed by atoms with van der Waals surface area (Å²) in [5, 5.41) is 5.42. The number of pyridine rings is 1. The van der Waals surface area contributed by atoms with Crippen molar-refractivity contribution in [1.29, 1.82) is 0 Å². The third kappa shape index (κ3) is 5.15. The van der Waals surface area contributed by atoms with Crippen LogP contribution in [0.15, 0.2) is 59.8 Å². The number of benzene rings is 1. The van der Waals surface area contributed by atoms with Gasteiger partial charge in [0.25, 0.3) is 0 Å². The molecule has 0 spiro atoms. The Labute approximate surface area is 195 Å². The van der Waals surface area contributed by atoms with Crippen LogP contribution in [0.1, 0.15) is 20.8 Å². The van der Waals surface area contributed by atoms with Crippen LogP contribution < -0.4 is 14.9 Å². The minimum Gasteiger partial charge on any atom is -0.443 e. The first-order chi connectivity index (χ1) is 15.9. The topological polar surface area (TPSA) is 132 Å². The SMILES string of the molecule is Cn1cc(-c2cnc3ccc4ccc(NS(=O)(=O)NC(=O)OC(C)(C)C)cc4c(=O)c3c2)cn1. The van der Waals surface area contributed by atoms with Crippen molar-refractivity contribution in [2.24, 2.45) is 7.05 Å². The highest BCUT2D eigenvalue weighted by atomic mass is 32.2. The van der Waals surface area contributed by atoms with Gasteiger partial charge in [0.05, 0.1) is 17.4 Å². The molecule has 0 aliphatic rings. The summed E-state index contributed by atoms with van der Waals surface area (Å²) in [6.07, 6.45) is 4.06. The molecule has 4 rings (SSSR count). The molecule has 34 heavy (non-hydrogen) atoms. The van der Waals surface area contributed by atoms with Crippen LogP contribution in [0.2, 0.25) is 0 Å². The predicted octanol–water partition coefficient (Wildman–Crippen LogP) is 3.33. The van der Waals surface area contributed by atoms with E-state index in [0.717, 1.165) is 11.1 Å². The summed E-state index contributed by atoms with van der Waals surface area (Å²) in [4.78, 5) is 29.7. The van der Waals surface area contributed by atoms with Crippen molar-refractivity contribution in [2.75, 3.05) is 4.72 Å². The molecule has 0 fully saturated rings. The number of carbonyl (C=O) groups excluding carboxylic acids is 1. The van der Waals surface area contributed by atoms with Crippen LogP contribution in [0.5, 0.6) is 0 Å². The van der Waals surface area contributed by atoms with E-state index in [1.54, 1.807) is 73.9 Å². The molecular formula is C23H23N5O5S. The molecule has 0 saturated heterocycles. The van der Waals surface area contributed by atoms with Crippen molar-refractivity contribution < 1.29 is 17.9 Å². The Kier molecular flexibility index (Phi) is 5.74. The normalized spacial score (nSPS) is 12.0. The molecule has 176 valence electrons. The van der Waals surface area contributed by atoms with Gasteiger partial charge in [-0.3, -0.25) is 19.2 Å². The summed E-state index contributed by atoms with van der Waals surface area (Å²) in [6, 6.07) is 9.75. The van der Waals surface area contributed by atoms with Crippen molar-refractivity contribution >= 4 is 43.7 Å². The van der Waals surface area contributed by atoms with Gasteiger partial charge in [-0.15, -0.1) is 0 Å². The van der Waals surface area contributed by atoms with Crippen molar-refractivity contribution in [3.05, 3.63) is 65.2 Å². The lowest BCUT2D eigenvalue weighted by molar-refractivity contribution is 0.0570. The molecule has 2 heterocycles. The van der Waals surface area contributed by atoms with E-state index >= 15 is 0 Å². The Morgan fingerprint density at radius 1 is 1.03 bits per heavy atom. The molecule has 0 atom stereocenters. The van der Waals surface area contributed by atoms with Gasteiger partial charge in [-0.2, -0.15) is 13.5 Å². The predicted molar refractivity (Wildman–Crippen MR) is 130 cm³/mol. The van der Waals surface area contributed by atoms with E-state index in [4.69, 9.17) is 4.74 Å². The molecule has 0 aliphatic carbocycles. The molecular weight excluding hydrogens is 458 g/mol. The lowest BCUT2D eigenvalue weighted by Gasteiger charge is -2.19. The van der Waals surface area contributed by atoms with Crippen LogP contribution in [-0.4, -0.2) is 34.9 Å². The summed E-state index contributed by atoms with van der Waals surface area (Å²) >= 11 is 0. The number of aryl methyl sites for hydroxylation is 1. The van der Waals surface area contributed by atoms with Crippen LogP contribution in [0.25, 0.3) is 32.8 Å². The third-order valence-electron chi connectivity index (χ3n) is 4.79. The molecule has 0 bridgehead atoms. The Morgan fingerprint density at radius 2 is 1.76 bits per heavy atom. The highest BCUT2D eigenvalue weighted by Crippen LogP contribution is 2.23. The van der Waals surface area contributed by atoms with Gasteiger partial charge in [0.2, 0.25) is 0 Å². The maximum Gasteiger partial charge on any atom is 0.422 e. The van der Waals surface area contributed by atoms with Gasteiger partial charge in [-0.25, -0.2) is 9.52 Å². The second kappa shape index (κ2) is 8.41. The van der Waals surface area contributed by atoms with E-state index in [2.05, 4.69) is 14.8 Å². The van der Waals surface area contributed by atoms with Gasteiger partial charge in [0.1, 0.15) is 5.60 Å². The van der Waals surface area contributed by atoms with Gasteiger partial charge in [0, 0.05) is 41.3 Å². The Balaban J connectivity index is 1.73. The van der Waals surface area contributed by atoms with Crippen molar-refractivity contribution in [3.63, 3.8) is 0 Å². The van der Waals surface area contributed by atoms with Gasteiger partial charge < -0.3 is 4.74 Å². The van der Waals surface area contributed by atoms with Gasteiger partial charge in [-0.1, -0.05) is 12.1 Å². The number of aromatic nitrogens is 3. The summed E-state index contributed by atoms with van der Waals surface area (Å²) in [7, 11) is -2.49. The van der Waals surface area contributed by atoms with E-state index < -0.39 is 21.9 Å². The van der Waals surface area contributed by atoms with E-state index in [-0.39, 0.29) is 16.5 Å². The zero-order valence-electron chi connectivity index (χ0n) is 19.0. The highest BCUT2D eigenvalue weighted by molar-refractivity contribution is 7.91. The molecule has 2 N–H and O–H groups in total. The summed E-state index contributed by atoms with van der Waals surface area (Å²) in [6.45, 7) is 4.85. The number of fused-ring (bicyclic) bond motifs is 2. The monoisotopic (exact) mass is 481 g/mol. The summed E-state index contributed by atoms with van der Waals surface area (Å²) in [5.74, 6) is 0. The number of amides is 1. The van der Waals surface area contributed by atoms with E-state index in [9.17, 15) is 18.0 Å². The number of nitrogens with one attached hydrogen (secondary N) is 2. The number of anilines is 1. The molecule has 0 radical (unpaired) electrons. The van der Waals surface area contributed by atoms with Gasteiger partial charge >= 0.3 is 16.3 Å². The quantitative estimate of drug-likeness (QED) is 0.457. The number of nitrogens with zero attached hydrogens (tertiary/aromatic N) is 3. The zero-order chi connectivity index (χ0) is 24.7. The maximum atomic E-state index is 13.4. The first kappa shape index (κ1) is 23.2. The fourth-order valence-electron chi connectivity index (χ4n) is 3.38. The van der Waals surface area contributed by atoms with Crippen LogP contribution in [0.3, 0.4) is 0 Å². The first-order valence-corrected chi connectivity index (χ1v) is 11.8. The molecule has 1 amide bonds. The maximum absolute atomic E-state index is 13.4. The molecule has 0 saturated carbocycles. The third-order valence-corrected chi connectivity index (χ3v) is 5.73. The number of hydrogen-bond acceptors (Lipinski definition) is 7. The lowest BCUT2D eigenvalue weighted by Crippen LogP contribution is -2.39. The second-order valence-corrected chi connectivity index (χ2v) is 10.1. The van der Waals surface area contributed by atoms with Crippen LogP contribution in [-0.2, 0) is 22.0 Å². The number of ether oxygens (including phenoxy) is 1. The zero-order valence-corrected chi connectivity index (χ0v) is 19.8. The number of carbonyl (C=O) groups is 1. The highest BCUT2D eigenvalue weighted by Gasteiger charge is 2.21. The summed E-state index contributed by atoms with van der Waals surface area (Å²) in [5.41, 5.74) is 0.982. The molecule has 2 aromatic heterocycles. The average molecular weight is 482 g/mol. The molecule has 10 nitrogen and oxygen atoms in total. The van der Waals surface area contributed by atoms with Crippen molar-refractivity contribution in [3.8, 4) is 11.1 Å². The molecule has 0 unspecified atom stereocenters. The van der Waals surface area contributed by atoms with E-state index in [0.29, 0.717) is 16.3 Å². The average Bonchev–Trinajstić information content (AvgIpc) is 3.10. The lowest BCUT2D eigenvalue weighted by atomic mass is 10.1. The van der Waals surface area contributed by atoms with E-state index in [1.807, 2.05) is 6.20 Å². The molecule has 2 aromatic carbocycles. The Morgan fingerprint density at radius 3 is 2.44 bits per heavy atom. The molecule has 4 aromatic rings. The molecule has 11 heteroatoms. The Bertz CT molecular complexity index is 1590. The first-order valence-electron chi connectivity index (χ1n) is 10.3. The Hall–Kier alpha value is -3.99. The number of rotatable bonds is 4. The second-order valence-electron chi connectivity index (χ2n) is 8.73. The summed E-state index contributed by atoms with van der Waals surface area (Å²) < 4.78 is 35.4. The fourth-order valence-corrected chi connectivity index (χ4v) is 4.13. The minimum absolute atomic E-state index is 0.108. The standard InChI is InChI=1S/C23H23N5O5S/c1-23(2,3)33-22(30)27-34(31,32)26-17-7-5-14-6-8-20-19(21(29)18(14)10-17)9-15(11-24-20)16-12-25-28(4)13-16/h5-13,26H,1-4H3,(H,27,30). The fraction of sp³-hybridized carbons (Fsp3) is 0.217.